The van der Waals surface area contributed by atoms with Crippen molar-refractivity contribution < 1.29 is 13.3 Å². The summed E-state index contributed by atoms with van der Waals surface area (Å²) < 4.78 is 23.9. The Morgan fingerprint density at radius 3 is 2.76 bits per heavy atom. The van der Waals surface area contributed by atoms with Crippen molar-refractivity contribution in [2.45, 2.75) is 30.6 Å². The topological polar surface area (TPSA) is 93.4 Å². The van der Waals surface area contributed by atoms with Crippen molar-refractivity contribution in [2.24, 2.45) is 0 Å². The van der Waals surface area contributed by atoms with Crippen molar-refractivity contribution in [3.05, 3.63) is 44.4 Å². The molecule has 134 valence electrons. The minimum Gasteiger partial charge on any atom is -0.371 e. The van der Waals surface area contributed by atoms with Gasteiger partial charge in [-0.05, 0) is 31.9 Å². The maximum atomic E-state index is 12.0. The predicted molar refractivity (Wildman–Crippen MR) is 97.2 cm³/mol. The lowest BCUT2D eigenvalue weighted by atomic mass is 9.98. The summed E-state index contributed by atoms with van der Waals surface area (Å²) in [5.74, 6) is 0.296. The standard InChI is InChI=1S/C16H19N3O4S2/c1-11-10-24-16(17-11)12-4-3-7-18(9-12)13-5-6-14(19(20)21)15(8-13)25(2,22)23/h5-6,8,10,12H,3-4,7,9H2,1-2H3. The Kier molecular flexibility index (Phi) is 4.79. The molecule has 0 amide bonds. The average molecular weight is 381 g/mol. The first-order valence-corrected chi connectivity index (χ1v) is 10.7. The molecular formula is C16H19N3O4S2. The quantitative estimate of drug-likeness (QED) is 0.596. The fourth-order valence-corrected chi connectivity index (χ4v) is 4.90. The van der Waals surface area contributed by atoms with Gasteiger partial charge in [0, 0.05) is 48.1 Å². The summed E-state index contributed by atoms with van der Waals surface area (Å²) in [6, 6.07) is 4.33. The van der Waals surface area contributed by atoms with Crippen molar-refractivity contribution >= 4 is 32.5 Å². The van der Waals surface area contributed by atoms with Crippen molar-refractivity contribution in [3.63, 3.8) is 0 Å². The van der Waals surface area contributed by atoms with E-state index >= 15 is 0 Å². The largest absolute Gasteiger partial charge is 0.371 e. The maximum absolute atomic E-state index is 12.0. The van der Waals surface area contributed by atoms with Crippen LogP contribution >= 0.6 is 11.3 Å². The maximum Gasteiger partial charge on any atom is 0.288 e. The van der Waals surface area contributed by atoms with Gasteiger partial charge in [-0.1, -0.05) is 0 Å². The SMILES string of the molecule is Cc1csc(C2CCCN(c3ccc([N+](=O)[O-])c(S(C)(=O)=O)c3)C2)n1. The molecule has 1 atom stereocenters. The predicted octanol–water partition coefficient (Wildman–Crippen LogP) is 3.15. The van der Waals surface area contributed by atoms with E-state index in [-0.39, 0.29) is 10.6 Å². The van der Waals surface area contributed by atoms with E-state index in [0.29, 0.717) is 11.6 Å². The molecule has 2 heterocycles. The molecule has 1 aromatic heterocycles. The van der Waals surface area contributed by atoms with Gasteiger partial charge in [-0.2, -0.15) is 0 Å². The van der Waals surface area contributed by atoms with Crippen LogP contribution in [0.3, 0.4) is 0 Å². The van der Waals surface area contributed by atoms with E-state index in [1.807, 2.05) is 12.3 Å². The third kappa shape index (κ3) is 3.82. The van der Waals surface area contributed by atoms with Gasteiger partial charge >= 0.3 is 0 Å². The summed E-state index contributed by atoms with van der Waals surface area (Å²) in [5.41, 5.74) is 1.33. The molecular weight excluding hydrogens is 362 g/mol. The van der Waals surface area contributed by atoms with Gasteiger partial charge in [0.25, 0.3) is 5.69 Å². The van der Waals surface area contributed by atoms with Crippen molar-refractivity contribution in [1.29, 1.82) is 0 Å². The highest BCUT2D eigenvalue weighted by molar-refractivity contribution is 7.90. The van der Waals surface area contributed by atoms with Crippen LogP contribution in [0.1, 0.15) is 29.5 Å². The average Bonchev–Trinajstić information content (AvgIpc) is 3.00. The second kappa shape index (κ2) is 6.72. The summed E-state index contributed by atoms with van der Waals surface area (Å²) in [6.45, 7) is 3.49. The molecule has 1 saturated heterocycles. The molecule has 1 unspecified atom stereocenters. The zero-order valence-corrected chi connectivity index (χ0v) is 15.6. The summed E-state index contributed by atoms with van der Waals surface area (Å²) >= 11 is 1.64. The molecule has 7 nitrogen and oxygen atoms in total. The molecule has 0 aliphatic carbocycles. The van der Waals surface area contributed by atoms with E-state index in [4.69, 9.17) is 0 Å². The second-order valence-corrected chi connectivity index (χ2v) is 9.17. The molecule has 1 aliphatic heterocycles. The smallest absolute Gasteiger partial charge is 0.288 e. The Labute approximate surface area is 150 Å². The molecule has 0 N–H and O–H groups in total. The van der Waals surface area contributed by atoms with Crippen LogP contribution in [0.2, 0.25) is 0 Å². The Bertz CT molecular complexity index is 908. The van der Waals surface area contributed by atoms with Gasteiger partial charge in [-0.3, -0.25) is 10.1 Å². The molecule has 1 aliphatic rings. The van der Waals surface area contributed by atoms with E-state index < -0.39 is 14.8 Å². The number of anilines is 1. The zero-order valence-electron chi connectivity index (χ0n) is 14.0. The van der Waals surface area contributed by atoms with E-state index in [9.17, 15) is 18.5 Å². The fraction of sp³-hybridized carbons (Fsp3) is 0.438. The van der Waals surface area contributed by atoms with Crippen LogP contribution in [0.25, 0.3) is 0 Å². The van der Waals surface area contributed by atoms with Crippen molar-refractivity contribution in [2.75, 3.05) is 24.2 Å². The van der Waals surface area contributed by atoms with E-state index in [1.165, 1.54) is 12.1 Å². The molecule has 1 fully saturated rings. The van der Waals surface area contributed by atoms with Crippen LogP contribution in [0.15, 0.2) is 28.5 Å². The molecule has 9 heteroatoms. The number of hydrogen-bond acceptors (Lipinski definition) is 7. The second-order valence-electron chi connectivity index (χ2n) is 6.29. The van der Waals surface area contributed by atoms with Crippen LogP contribution in [-0.4, -0.2) is 37.7 Å². The van der Waals surface area contributed by atoms with Crippen LogP contribution in [0.4, 0.5) is 11.4 Å². The molecule has 25 heavy (non-hydrogen) atoms. The fourth-order valence-electron chi connectivity index (χ4n) is 3.12. The van der Waals surface area contributed by atoms with Crippen LogP contribution in [0, 0.1) is 17.0 Å². The number of nitro groups is 1. The number of nitrogens with zero attached hydrogens (tertiary/aromatic N) is 3. The molecule has 0 radical (unpaired) electrons. The molecule has 0 bridgehead atoms. The number of aromatic nitrogens is 1. The molecule has 2 aromatic rings. The highest BCUT2D eigenvalue weighted by Crippen LogP contribution is 2.34. The Morgan fingerprint density at radius 1 is 1.40 bits per heavy atom. The first-order valence-electron chi connectivity index (χ1n) is 7.91. The number of nitro benzene ring substituents is 1. The number of hydrogen-bond donors (Lipinski definition) is 0. The normalized spacial score (nSPS) is 18.3. The Balaban J connectivity index is 1.92. The molecule has 3 rings (SSSR count). The highest BCUT2D eigenvalue weighted by Gasteiger charge is 2.27. The van der Waals surface area contributed by atoms with Gasteiger partial charge in [0.2, 0.25) is 0 Å². The Morgan fingerprint density at radius 2 is 2.16 bits per heavy atom. The van der Waals surface area contributed by atoms with Crippen molar-refractivity contribution in [3.8, 4) is 0 Å². The summed E-state index contributed by atoms with van der Waals surface area (Å²) in [6.07, 6.45) is 3.00. The van der Waals surface area contributed by atoms with Crippen LogP contribution in [-0.2, 0) is 9.84 Å². The number of aryl methyl sites for hydroxylation is 1. The van der Waals surface area contributed by atoms with Gasteiger partial charge < -0.3 is 4.90 Å². The first-order chi connectivity index (χ1) is 11.8. The summed E-state index contributed by atoms with van der Waals surface area (Å²) in [7, 11) is -3.68. The van der Waals surface area contributed by atoms with E-state index in [0.717, 1.165) is 42.9 Å². The van der Waals surface area contributed by atoms with E-state index in [1.54, 1.807) is 17.4 Å². The lowest BCUT2D eigenvalue weighted by Gasteiger charge is -2.33. The third-order valence-electron chi connectivity index (χ3n) is 4.31. The van der Waals surface area contributed by atoms with Gasteiger partial charge in [0.05, 0.1) is 9.93 Å². The van der Waals surface area contributed by atoms with E-state index in [2.05, 4.69) is 9.88 Å². The number of rotatable bonds is 4. The minimum atomic E-state index is -3.68. The number of piperidine rings is 1. The number of thiazole rings is 1. The lowest BCUT2D eigenvalue weighted by Crippen LogP contribution is -2.34. The number of benzene rings is 1. The zero-order chi connectivity index (χ0) is 18.2. The molecule has 1 aromatic carbocycles. The monoisotopic (exact) mass is 381 g/mol. The van der Waals surface area contributed by atoms with Gasteiger partial charge in [-0.25, -0.2) is 13.4 Å². The van der Waals surface area contributed by atoms with Gasteiger partial charge in [-0.15, -0.1) is 11.3 Å². The summed E-state index contributed by atoms with van der Waals surface area (Å²) in [4.78, 5) is 16.9. The highest BCUT2D eigenvalue weighted by atomic mass is 32.2. The molecule has 0 saturated carbocycles. The molecule has 0 spiro atoms. The minimum absolute atomic E-state index is 0.234. The van der Waals surface area contributed by atoms with Crippen LogP contribution in [0.5, 0.6) is 0 Å². The number of sulfone groups is 1. The third-order valence-corrected chi connectivity index (χ3v) is 6.56. The van der Waals surface area contributed by atoms with Gasteiger partial charge in [0.1, 0.15) is 4.90 Å². The van der Waals surface area contributed by atoms with Gasteiger partial charge in [0.15, 0.2) is 9.84 Å². The Hall–Kier alpha value is -2.00. The van der Waals surface area contributed by atoms with Crippen molar-refractivity contribution in [1.82, 2.24) is 4.98 Å². The lowest BCUT2D eigenvalue weighted by molar-refractivity contribution is -0.387. The van der Waals surface area contributed by atoms with Crippen LogP contribution < -0.4 is 4.90 Å². The first kappa shape index (κ1) is 17.8. The summed E-state index contributed by atoms with van der Waals surface area (Å²) in [5, 5.41) is 14.2.